The highest BCUT2D eigenvalue weighted by molar-refractivity contribution is 6.38. The average Bonchev–Trinajstić information content (AvgIpc) is 3.31. The minimum Gasteiger partial charge on any atom is -0.493 e. The van der Waals surface area contributed by atoms with Crippen LogP contribution in [0, 0.1) is 0 Å². The highest BCUT2D eigenvalue weighted by atomic mass is 16.5. The number of nitrogens with one attached hydrogen (secondary N) is 1. The number of aryl methyl sites for hydroxylation is 2. The van der Waals surface area contributed by atoms with E-state index in [2.05, 4.69) is 27.0 Å². The lowest BCUT2D eigenvalue weighted by Gasteiger charge is -2.15. The summed E-state index contributed by atoms with van der Waals surface area (Å²) in [6, 6.07) is 14.2. The topological polar surface area (TPSA) is 73.2 Å². The maximum absolute atomic E-state index is 12.8. The summed E-state index contributed by atoms with van der Waals surface area (Å²) in [5.74, 6) is -0.289. The van der Waals surface area contributed by atoms with Crippen molar-refractivity contribution in [1.29, 1.82) is 0 Å². The van der Waals surface area contributed by atoms with Gasteiger partial charge in [0.1, 0.15) is 11.4 Å². The molecule has 0 atom stereocenters. The minimum absolute atomic E-state index is 0.330. The van der Waals surface area contributed by atoms with E-state index in [4.69, 9.17) is 4.74 Å². The summed E-state index contributed by atoms with van der Waals surface area (Å²) < 4.78 is 7.81. The maximum atomic E-state index is 12.8. The molecule has 0 fully saturated rings. The Morgan fingerprint density at radius 3 is 2.68 bits per heavy atom. The number of benzene rings is 1. The quantitative estimate of drug-likeness (QED) is 0.625. The zero-order chi connectivity index (χ0) is 21.2. The molecule has 2 aliphatic heterocycles. The maximum Gasteiger partial charge on any atom is 0.262 e. The minimum atomic E-state index is -0.401. The van der Waals surface area contributed by atoms with Crippen molar-refractivity contribution in [2.75, 3.05) is 6.61 Å². The number of pyridine rings is 1. The summed E-state index contributed by atoms with van der Waals surface area (Å²) in [7, 11) is 0. The van der Waals surface area contributed by atoms with Gasteiger partial charge in [0, 0.05) is 29.9 Å². The molecule has 0 saturated heterocycles. The molecule has 3 aromatic rings. The number of aromatic nitrogens is 2. The van der Waals surface area contributed by atoms with E-state index >= 15 is 0 Å². The highest BCUT2D eigenvalue weighted by Gasteiger charge is 2.36. The molecule has 156 valence electrons. The number of fused-ring (bicyclic) bond motifs is 1. The van der Waals surface area contributed by atoms with Gasteiger partial charge in [-0.05, 0) is 49.5 Å². The van der Waals surface area contributed by atoms with Crippen LogP contribution in [0.2, 0.25) is 0 Å². The van der Waals surface area contributed by atoms with E-state index < -0.39 is 5.91 Å². The summed E-state index contributed by atoms with van der Waals surface area (Å²) in [5, 5.41) is 3.31. The molecule has 0 spiro atoms. The fraction of sp³-hybridized carbons (Fsp3) is 0.240. The lowest BCUT2D eigenvalue weighted by molar-refractivity contribution is -0.123. The van der Waals surface area contributed by atoms with Gasteiger partial charge in [0.2, 0.25) is 0 Å². The Balaban J connectivity index is 1.53. The predicted octanol–water partition coefficient (Wildman–Crippen LogP) is 3.77. The second-order valence-corrected chi connectivity index (χ2v) is 7.79. The number of rotatable bonds is 6. The molecule has 2 aliphatic rings. The zero-order valence-electron chi connectivity index (χ0n) is 17.1. The fourth-order valence-electron chi connectivity index (χ4n) is 4.27. The van der Waals surface area contributed by atoms with Gasteiger partial charge in [-0.3, -0.25) is 14.9 Å². The molecule has 0 saturated carbocycles. The van der Waals surface area contributed by atoms with E-state index in [1.165, 1.54) is 5.56 Å². The summed E-state index contributed by atoms with van der Waals surface area (Å²) in [6.45, 7) is 1.31. The predicted molar refractivity (Wildman–Crippen MR) is 118 cm³/mol. The monoisotopic (exact) mass is 413 g/mol. The number of hydrogen-bond donors (Lipinski definition) is 1. The SMILES string of the molecule is O=C1NC(=O)C(c2cn(CCCc3ccccc3)c3ncccc23)=C1C1=CCCCO1. The zero-order valence-corrected chi connectivity index (χ0v) is 17.1. The standard InChI is InChI=1S/C25H23N3O3/c29-24-21(22(25(30)27-24)20-12-4-5-15-31-20)19-16-28(23-18(19)11-6-13-26-23)14-7-10-17-8-2-1-3-9-17/h1-3,6,8-9,11-13,16H,4-5,7,10,14-15H2,(H,27,29,30). The van der Waals surface area contributed by atoms with Gasteiger partial charge in [-0.2, -0.15) is 0 Å². The largest absolute Gasteiger partial charge is 0.493 e. The van der Waals surface area contributed by atoms with E-state index in [-0.39, 0.29) is 5.91 Å². The number of ether oxygens (including phenoxy) is 1. The fourth-order valence-corrected chi connectivity index (χ4v) is 4.27. The molecular formula is C25H23N3O3. The van der Waals surface area contributed by atoms with Crippen molar-refractivity contribution in [2.24, 2.45) is 0 Å². The van der Waals surface area contributed by atoms with Gasteiger partial charge in [-0.15, -0.1) is 0 Å². The Kier molecular flexibility index (Phi) is 5.12. The van der Waals surface area contributed by atoms with Crippen LogP contribution in [0.1, 0.15) is 30.4 Å². The van der Waals surface area contributed by atoms with Crippen LogP contribution in [-0.2, 0) is 27.3 Å². The molecule has 2 aromatic heterocycles. The first kappa shape index (κ1) is 19.3. The Morgan fingerprint density at radius 2 is 1.87 bits per heavy atom. The first-order valence-corrected chi connectivity index (χ1v) is 10.6. The average molecular weight is 413 g/mol. The lowest BCUT2D eigenvalue weighted by atomic mass is 9.99. The van der Waals surface area contributed by atoms with E-state index in [1.807, 2.05) is 42.6 Å². The van der Waals surface area contributed by atoms with Crippen LogP contribution in [0.3, 0.4) is 0 Å². The number of hydrogen-bond acceptors (Lipinski definition) is 4. The molecule has 5 rings (SSSR count). The van der Waals surface area contributed by atoms with Crippen molar-refractivity contribution in [3.05, 3.63) is 83.4 Å². The molecule has 0 radical (unpaired) electrons. The number of carbonyl (C=O) groups is 2. The first-order chi connectivity index (χ1) is 15.2. The Morgan fingerprint density at radius 1 is 1.03 bits per heavy atom. The van der Waals surface area contributed by atoms with Crippen LogP contribution in [0.5, 0.6) is 0 Å². The Bertz CT molecular complexity index is 1220. The molecule has 2 amide bonds. The van der Waals surface area contributed by atoms with Crippen molar-refractivity contribution >= 4 is 28.4 Å². The summed E-state index contributed by atoms with van der Waals surface area (Å²) >= 11 is 0. The van der Waals surface area contributed by atoms with Crippen molar-refractivity contribution in [1.82, 2.24) is 14.9 Å². The third kappa shape index (κ3) is 3.65. The van der Waals surface area contributed by atoms with Gasteiger partial charge in [-0.1, -0.05) is 30.3 Å². The smallest absolute Gasteiger partial charge is 0.262 e. The molecule has 1 aromatic carbocycles. The van der Waals surface area contributed by atoms with Crippen LogP contribution < -0.4 is 5.32 Å². The second-order valence-electron chi connectivity index (χ2n) is 7.79. The lowest BCUT2D eigenvalue weighted by Crippen LogP contribution is -2.23. The van der Waals surface area contributed by atoms with E-state index in [9.17, 15) is 9.59 Å². The Hall–Kier alpha value is -3.67. The van der Waals surface area contributed by atoms with Crippen LogP contribution >= 0.6 is 0 Å². The molecule has 0 bridgehead atoms. The highest BCUT2D eigenvalue weighted by Crippen LogP contribution is 2.35. The van der Waals surface area contributed by atoms with Crippen molar-refractivity contribution in [3.63, 3.8) is 0 Å². The molecule has 6 heteroatoms. The number of imide groups is 1. The van der Waals surface area contributed by atoms with Gasteiger partial charge < -0.3 is 9.30 Å². The molecule has 1 N–H and O–H groups in total. The summed E-state index contributed by atoms with van der Waals surface area (Å²) in [5.41, 5.74) is 3.52. The van der Waals surface area contributed by atoms with Gasteiger partial charge in [-0.25, -0.2) is 4.98 Å². The third-order valence-electron chi connectivity index (χ3n) is 5.72. The third-order valence-corrected chi connectivity index (χ3v) is 5.72. The van der Waals surface area contributed by atoms with Gasteiger partial charge in [0.15, 0.2) is 0 Å². The van der Waals surface area contributed by atoms with Gasteiger partial charge in [0.25, 0.3) is 11.8 Å². The summed E-state index contributed by atoms with van der Waals surface area (Å²) in [6.07, 6.45) is 9.23. The van der Waals surface area contributed by atoms with Crippen LogP contribution in [0.25, 0.3) is 16.6 Å². The van der Waals surface area contributed by atoms with E-state index in [1.54, 1.807) is 6.20 Å². The molecule has 0 aliphatic carbocycles. The molecule has 6 nitrogen and oxygen atoms in total. The molecular weight excluding hydrogens is 390 g/mol. The van der Waals surface area contributed by atoms with Crippen molar-refractivity contribution in [3.8, 4) is 0 Å². The first-order valence-electron chi connectivity index (χ1n) is 10.6. The molecule has 0 unspecified atom stereocenters. The second kappa shape index (κ2) is 8.22. The van der Waals surface area contributed by atoms with Gasteiger partial charge >= 0.3 is 0 Å². The van der Waals surface area contributed by atoms with Gasteiger partial charge in [0.05, 0.1) is 17.8 Å². The van der Waals surface area contributed by atoms with E-state index in [0.29, 0.717) is 23.5 Å². The number of nitrogens with zero attached hydrogens (tertiary/aromatic N) is 2. The van der Waals surface area contributed by atoms with E-state index in [0.717, 1.165) is 48.8 Å². The Labute approximate surface area is 180 Å². The molecule has 4 heterocycles. The number of allylic oxidation sites excluding steroid dienone is 1. The van der Waals surface area contributed by atoms with Crippen LogP contribution in [-0.4, -0.2) is 28.0 Å². The number of carbonyl (C=O) groups excluding carboxylic acids is 2. The van der Waals surface area contributed by atoms with Crippen molar-refractivity contribution in [2.45, 2.75) is 32.2 Å². The van der Waals surface area contributed by atoms with Crippen LogP contribution in [0.4, 0.5) is 0 Å². The van der Waals surface area contributed by atoms with Crippen LogP contribution in [0.15, 0.2) is 72.3 Å². The van der Waals surface area contributed by atoms with Crippen molar-refractivity contribution < 1.29 is 14.3 Å². The summed E-state index contributed by atoms with van der Waals surface area (Å²) in [4.78, 5) is 30.0. The number of amides is 2. The normalized spacial score (nSPS) is 16.5. The molecule has 31 heavy (non-hydrogen) atoms.